The SMILES string of the molecule is CCOC(=O)c1ccc(OC(=O)c2cc(Br)ccc2OCC)c(Br)c1. The quantitative estimate of drug-likeness (QED) is 0.438. The average Bonchev–Trinajstić information content (AvgIpc) is 2.58. The highest BCUT2D eigenvalue weighted by Gasteiger charge is 2.18. The Morgan fingerprint density at radius 1 is 0.920 bits per heavy atom. The lowest BCUT2D eigenvalue weighted by molar-refractivity contribution is 0.0526. The second-order valence-corrected chi connectivity index (χ2v) is 6.60. The Morgan fingerprint density at radius 2 is 1.64 bits per heavy atom. The van der Waals surface area contributed by atoms with Gasteiger partial charge in [-0.25, -0.2) is 9.59 Å². The van der Waals surface area contributed by atoms with Crippen molar-refractivity contribution in [3.63, 3.8) is 0 Å². The van der Waals surface area contributed by atoms with Crippen LogP contribution in [0.2, 0.25) is 0 Å². The van der Waals surface area contributed by atoms with Gasteiger partial charge in [-0.2, -0.15) is 0 Å². The molecule has 132 valence electrons. The van der Waals surface area contributed by atoms with Gasteiger partial charge < -0.3 is 14.2 Å². The summed E-state index contributed by atoms with van der Waals surface area (Å²) in [7, 11) is 0. The highest BCUT2D eigenvalue weighted by atomic mass is 79.9. The van der Waals surface area contributed by atoms with E-state index in [2.05, 4.69) is 31.9 Å². The van der Waals surface area contributed by atoms with Crippen LogP contribution < -0.4 is 9.47 Å². The summed E-state index contributed by atoms with van der Waals surface area (Å²) in [5, 5.41) is 0. The highest BCUT2D eigenvalue weighted by molar-refractivity contribution is 9.10. The Balaban J connectivity index is 2.24. The van der Waals surface area contributed by atoms with E-state index >= 15 is 0 Å². The topological polar surface area (TPSA) is 61.8 Å². The maximum absolute atomic E-state index is 12.5. The van der Waals surface area contributed by atoms with Crippen molar-refractivity contribution in [1.29, 1.82) is 0 Å². The molecule has 0 spiro atoms. The number of hydrogen-bond donors (Lipinski definition) is 0. The normalized spacial score (nSPS) is 10.2. The molecule has 0 aromatic heterocycles. The predicted octanol–water partition coefficient (Wildman–Crippen LogP) is 5.01. The maximum Gasteiger partial charge on any atom is 0.347 e. The second-order valence-electron chi connectivity index (χ2n) is 4.83. The number of hydrogen-bond acceptors (Lipinski definition) is 5. The van der Waals surface area contributed by atoms with Crippen LogP contribution >= 0.6 is 31.9 Å². The van der Waals surface area contributed by atoms with Crippen LogP contribution in [0.3, 0.4) is 0 Å². The number of ether oxygens (including phenoxy) is 3. The van der Waals surface area contributed by atoms with Crippen molar-refractivity contribution < 1.29 is 23.8 Å². The molecular weight excluding hydrogens is 456 g/mol. The van der Waals surface area contributed by atoms with Crippen molar-refractivity contribution in [2.45, 2.75) is 13.8 Å². The summed E-state index contributed by atoms with van der Waals surface area (Å²) in [6.45, 7) is 4.29. The number of esters is 2. The van der Waals surface area contributed by atoms with Gasteiger partial charge in [0.05, 0.1) is 23.2 Å². The average molecular weight is 472 g/mol. The van der Waals surface area contributed by atoms with Crippen LogP contribution in [0.5, 0.6) is 11.5 Å². The molecule has 2 aromatic rings. The molecule has 2 aromatic carbocycles. The molecular formula is C18H16Br2O5. The minimum absolute atomic E-state index is 0.288. The minimum Gasteiger partial charge on any atom is -0.493 e. The van der Waals surface area contributed by atoms with Crippen LogP contribution in [-0.2, 0) is 4.74 Å². The van der Waals surface area contributed by atoms with Crippen molar-refractivity contribution in [2.24, 2.45) is 0 Å². The van der Waals surface area contributed by atoms with E-state index < -0.39 is 11.9 Å². The van der Waals surface area contributed by atoms with Gasteiger partial charge >= 0.3 is 11.9 Å². The molecule has 0 atom stereocenters. The first-order valence-corrected chi connectivity index (χ1v) is 9.16. The third-order valence-corrected chi connectivity index (χ3v) is 4.22. The molecule has 0 aliphatic rings. The summed E-state index contributed by atoms with van der Waals surface area (Å²) >= 11 is 6.64. The summed E-state index contributed by atoms with van der Waals surface area (Å²) in [4.78, 5) is 24.2. The van der Waals surface area contributed by atoms with Gasteiger partial charge in [0.15, 0.2) is 0 Å². The molecule has 0 heterocycles. The van der Waals surface area contributed by atoms with Crippen molar-refractivity contribution in [1.82, 2.24) is 0 Å². The monoisotopic (exact) mass is 470 g/mol. The molecule has 0 bridgehead atoms. The van der Waals surface area contributed by atoms with Gasteiger partial charge in [-0.1, -0.05) is 15.9 Å². The zero-order valence-corrected chi connectivity index (χ0v) is 16.8. The Labute approximate surface area is 162 Å². The second kappa shape index (κ2) is 9.01. The Bertz CT molecular complexity index is 789. The van der Waals surface area contributed by atoms with Gasteiger partial charge in [0, 0.05) is 4.47 Å². The van der Waals surface area contributed by atoms with Gasteiger partial charge in [0.2, 0.25) is 0 Å². The fourth-order valence-corrected chi connectivity index (χ4v) is 2.84. The molecule has 0 radical (unpaired) electrons. The molecule has 0 saturated heterocycles. The number of rotatable bonds is 6. The summed E-state index contributed by atoms with van der Waals surface area (Å²) in [5.41, 5.74) is 0.670. The maximum atomic E-state index is 12.5. The largest absolute Gasteiger partial charge is 0.493 e. The molecule has 25 heavy (non-hydrogen) atoms. The van der Waals surface area contributed by atoms with E-state index in [4.69, 9.17) is 14.2 Å². The zero-order valence-electron chi connectivity index (χ0n) is 13.7. The van der Waals surface area contributed by atoms with Gasteiger partial charge in [0.25, 0.3) is 0 Å². The first kappa shape index (κ1) is 19.5. The van der Waals surface area contributed by atoms with Crippen LogP contribution in [0.15, 0.2) is 45.3 Å². The van der Waals surface area contributed by atoms with E-state index in [-0.39, 0.29) is 6.61 Å². The molecule has 0 aliphatic carbocycles. The molecule has 0 saturated carbocycles. The Hall–Kier alpha value is -1.86. The van der Waals surface area contributed by atoms with E-state index in [0.717, 1.165) is 4.47 Å². The van der Waals surface area contributed by atoms with E-state index in [0.29, 0.717) is 33.7 Å². The fourth-order valence-electron chi connectivity index (χ4n) is 2.02. The van der Waals surface area contributed by atoms with Crippen molar-refractivity contribution in [3.05, 3.63) is 56.5 Å². The number of carbonyl (C=O) groups is 2. The summed E-state index contributed by atoms with van der Waals surface area (Å²) in [5.74, 6) is -0.267. The predicted molar refractivity (Wildman–Crippen MR) is 100 cm³/mol. The summed E-state index contributed by atoms with van der Waals surface area (Å²) in [6, 6.07) is 9.73. The number of carbonyl (C=O) groups excluding carboxylic acids is 2. The summed E-state index contributed by atoms with van der Waals surface area (Å²) < 4.78 is 17.0. The van der Waals surface area contributed by atoms with Gasteiger partial charge in [0.1, 0.15) is 17.1 Å². The molecule has 5 nitrogen and oxygen atoms in total. The lowest BCUT2D eigenvalue weighted by Crippen LogP contribution is -2.12. The van der Waals surface area contributed by atoms with E-state index in [9.17, 15) is 9.59 Å². The standard InChI is InChI=1S/C18H16Br2O5/c1-3-23-15-8-6-12(19)10-13(15)18(22)25-16-7-5-11(9-14(16)20)17(21)24-4-2/h5-10H,3-4H2,1-2H3. The van der Waals surface area contributed by atoms with E-state index in [1.807, 2.05) is 6.92 Å². The Morgan fingerprint density at radius 3 is 2.28 bits per heavy atom. The molecule has 0 unspecified atom stereocenters. The number of benzene rings is 2. The van der Waals surface area contributed by atoms with E-state index in [1.54, 1.807) is 31.2 Å². The summed E-state index contributed by atoms with van der Waals surface area (Å²) in [6.07, 6.45) is 0. The highest BCUT2D eigenvalue weighted by Crippen LogP contribution is 2.29. The third-order valence-electron chi connectivity index (χ3n) is 3.11. The van der Waals surface area contributed by atoms with Crippen LogP contribution in [0, 0.1) is 0 Å². The molecule has 0 N–H and O–H groups in total. The van der Waals surface area contributed by atoms with Gasteiger partial charge in [-0.3, -0.25) is 0 Å². The van der Waals surface area contributed by atoms with Crippen LogP contribution in [-0.4, -0.2) is 25.2 Å². The smallest absolute Gasteiger partial charge is 0.347 e. The number of halogens is 2. The third kappa shape index (κ3) is 5.06. The van der Waals surface area contributed by atoms with Crippen LogP contribution in [0.4, 0.5) is 0 Å². The Kier molecular flexibility index (Phi) is 7.01. The minimum atomic E-state index is -0.561. The van der Waals surface area contributed by atoms with Crippen molar-refractivity contribution in [2.75, 3.05) is 13.2 Å². The van der Waals surface area contributed by atoms with Gasteiger partial charge in [-0.15, -0.1) is 0 Å². The van der Waals surface area contributed by atoms with E-state index in [1.165, 1.54) is 12.1 Å². The van der Waals surface area contributed by atoms with Crippen LogP contribution in [0.25, 0.3) is 0 Å². The first-order chi connectivity index (χ1) is 12.0. The van der Waals surface area contributed by atoms with Crippen molar-refractivity contribution >= 4 is 43.8 Å². The lowest BCUT2D eigenvalue weighted by atomic mass is 10.2. The zero-order chi connectivity index (χ0) is 18.4. The van der Waals surface area contributed by atoms with Crippen LogP contribution in [0.1, 0.15) is 34.6 Å². The molecule has 0 aliphatic heterocycles. The fraction of sp³-hybridized carbons (Fsp3) is 0.222. The molecule has 7 heteroatoms. The molecule has 0 amide bonds. The lowest BCUT2D eigenvalue weighted by Gasteiger charge is -2.12. The molecule has 0 fully saturated rings. The van der Waals surface area contributed by atoms with Crippen molar-refractivity contribution in [3.8, 4) is 11.5 Å². The molecule has 2 rings (SSSR count). The van der Waals surface area contributed by atoms with Gasteiger partial charge in [-0.05, 0) is 66.2 Å². The first-order valence-electron chi connectivity index (χ1n) is 7.57.